The van der Waals surface area contributed by atoms with E-state index in [4.69, 9.17) is 10.4 Å². The van der Waals surface area contributed by atoms with Crippen LogP contribution in [0.25, 0.3) is 5.69 Å². The lowest BCUT2D eigenvalue weighted by molar-refractivity contribution is 0.0934. The number of hydrogen-bond donors (Lipinski definition) is 1. The molecule has 1 fully saturated rings. The Morgan fingerprint density at radius 3 is 2.90 bits per heavy atom. The number of amides is 1. The van der Waals surface area contributed by atoms with E-state index < -0.39 is 0 Å². The summed E-state index contributed by atoms with van der Waals surface area (Å²) < 4.78 is 1.93. The molecule has 0 radical (unpaired) electrons. The summed E-state index contributed by atoms with van der Waals surface area (Å²) in [6.07, 6.45) is 10.2. The molecule has 5 rings (SSSR count). The van der Waals surface area contributed by atoms with Crippen molar-refractivity contribution < 1.29 is 4.79 Å². The number of carbonyl (C=O) groups excluding carboxylic acids is 1. The van der Waals surface area contributed by atoms with Crippen molar-refractivity contribution in [2.75, 3.05) is 0 Å². The van der Waals surface area contributed by atoms with Crippen LogP contribution in [-0.2, 0) is 6.42 Å². The zero-order valence-electron chi connectivity index (χ0n) is 16.7. The average molecular weight is 397 g/mol. The number of aromatic nitrogens is 3. The summed E-state index contributed by atoms with van der Waals surface area (Å²) in [6.45, 7) is 0. The average Bonchev–Trinajstić information content (AvgIpc) is 3.58. The van der Waals surface area contributed by atoms with Gasteiger partial charge in [0.1, 0.15) is 0 Å². The van der Waals surface area contributed by atoms with Crippen molar-refractivity contribution in [2.24, 2.45) is 0 Å². The van der Waals surface area contributed by atoms with Gasteiger partial charge in [-0.05, 0) is 62.4 Å². The van der Waals surface area contributed by atoms with Crippen LogP contribution < -0.4 is 5.32 Å². The van der Waals surface area contributed by atoms with Crippen molar-refractivity contribution in [1.29, 1.82) is 5.26 Å². The minimum Gasteiger partial charge on any atom is -0.345 e. The smallest absolute Gasteiger partial charge is 0.251 e. The Morgan fingerprint density at radius 2 is 2.07 bits per heavy atom. The molecule has 0 saturated heterocycles. The fourth-order valence-corrected chi connectivity index (χ4v) is 4.14. The number of rotatable bonds is 4. The molecular formula is C24H23N5O. The maximum atomic E-state index is 12.9. The lowest BCUT2D eigenvalue weighted by Crippen LogP contribution is -2.28. The normalized spacial score (nSPS) is 18.2. The molecule has 0 bridgehead atoms. The van der Waals surface area contributed by atoms with Gasteiger partial charge >= 0.3 is 0 Å². The molecule has 6 nitrogen and oxygen atoms in total. The third-order valence-electron chi connectivity index (χ3n) is 5.94. The highest BCUT2D eigenvalue weighted by molar-refractivity contribution is 5.94. The van der Waals surface area contributed by atoms with Crippen molar-refractivity contribution in [1.82, 2.24) is 20.1 Å². The Balaban J connectivity index is 1.42. The molecule has 30 heavy (non-hydrogen) atoms. The molecule has 2 heterocycles. The van der Waals surface area contributed by atoms with Gasteiger partial charge in [-0.2, -0.15) is 10.4 Å². The Labute approximate surface area is 175 Å². The van der Waals surface area contributed by atoms with E-state index in [1.54, 1.807) is 24.3 Å². The highest BCUT2D eigenvalue weighted by atomic mass is 16.1. The predicted molar refractivity (Wildman–Crippen MR) is 112 cm³/mol. The first-order valence-electron chi connectivity index (χ1n) is 10.6. The first kappa shape index (κ1) is 18.6. The van der Waals surface area contributed by atoms with Crippen molar-refractivity contribution in [2.45, 2.75) is 50.5 Å². The Morgan fingerprint density at radius 1 is 1.17 bits per heavy atom. The summed E-state index contributed by atoms with van der Waals surface area (Å²) in [5, 5.41) is 17.1. The van der Waals surface area contributed by atoms with Gasteiger partial charge < -0.3 is 5.32 Å². The van der Waals surface area contributed by atoms with Crippen LogP contribution in [0, 0.1) is 11.3 Å². The van der Waals surface area contributed by atoms with Crippen LogP contribution in [0.15, 0.2) is 48.8 Å². The Kier molecular flexibility index (Phi) is 4.80. The minimum atomic E-state index is -0.155. The van der Waals surface area contributed by atoms with E-state index in [-0.39, 0.29) is 11.9 Å². The number of aryl methyl sites for hydroxylation is 1. The SMILES string of the molecule is N#Cc1cccc(C(=O)N[C@@H]2CCCCc3nn(-c4ccnc(C5CC5)c4)cc32)c1. The van der Waals surface area contributed by atoms with E-state index in [1.807, 2.05) is 16.9 Å². The summed E-state index contributed by atoms with van der Waals surface area (Å²) in [5.74, 6) is 0.437. The number of pyridine rings is 1. The molecule has 1 N–H and O–H groups in total. The van der Waals surface area contributed by atoms with Crippen molar-refractivity contribution in [3.63, 3.8) is 0 Å². The van der Waals surface area contributed by atoms with E-state index in [0.717, 1.165) is 48.3 Å². The van der Waals surface area contributed by atoms with E-state index in [1.165, 1.54) is 12.8 Å². The standard InChI is InChI=1S/C24H23N5O/c25-14-16-4-3-5-18(12-16)24(30)27-21-6-1-2-7-22-20(21)15-29(28-22)19-10-11-26-23(13-19)17-8-9-17/h3-5,10-13,15,17,21H,1-2,6-9H2,(H,27,30)/t21-/m1/s1. The van der Waals surface area contributed by atoms with E-state index in [9.17, 15) is 4.79 Å². The summed E-state index contributed by atoms with van der Waals surface area (Å²) >= 11 is 0. The fourth-order valence-electron chi connectivity index (χ4n) is 4.14. The van der Waals surface area contributed by atoms with Gasteiger partial charge in [-0.15, -0.1) is 0 Å². The Bertz CT molecular complexity index is 1140. The molecule has 2 aliphatic carbocycles. The van der Waals surface area contributed by atoms with Gasteiger partial charge in [0.15, 0.2) is 0 Å². The lowest BCUT2D eigenvalue weighted by atomic mass is 10.0. The molecule has 1 aromatic carbocycles. The number of fused-ring (bicyclic) bond motifs is 1. The molecule has 3 aromatic rings. The number of nitrogens with zero attached hydrogens (tertiary/aromatic N) is 4. The van der Waals surface area contributed by atoms with Crippen LogP contribution in [0.1, 0.15) is 76.9 Å². The maximum absolute atomic E-state index is 12.9. The number of nitriles is 1. The van der Waals surface area contributed by atoms with E-state index in [2.05, 4.69) is 28.6 Å². The zero-order valence-corrected chi connectivity index (χ0v) is 16.7. The number of hydrogen-bond acceptors (Lipinski definition) is 4. The van der Waals surface area contributed by atoms with Gasteiger partial charge in [-0.25, -0.2) is 4.68 Å². The largest absolute Gasteiger partial charge is 0.345 e. The zero-order chi connectivity index (χ0) is 20.5. The second-order valence-electron chi connectivity index (χ2n) is 8.15. The topological polar surface area (TPSA) is 83.6 Å². The van der Waals surface area contributed by atoms with Gasteiger partial charge in [0.2, 0.25) is 0 Å². The molecule has 1 saturated carbocycles. The van der Waals surface area contributed by atoms with Crippen molar-refractivity contribution in [3.8, 4) is 11.8 Å². The highest BCUT2D eigenvalue weighted by Gasteiger charge is 2.27. The number of carbonyl (C=O) groups is 1. The molecule has 1 amide bonds. The van der Waals surface area contributed by atoms with Gasteiger partial charge in [-0.3, -0.25) is 9.78 Å². The molecular weight excluding hydrogens is 374 g/mol. The third kappa shape index (κ3) is 3.71. The second-order valence-corrected chi connectivity index (χ2v) is 8.15. The van der Waals surface area contributed by atoms with Crippen LogP contribution in [0.5, 0.6) is 0 Å². The lowest BCUT2D eigenvalue weighted by Gasteiger charge is -2.17. The van der Waals surface area contributed by atoms with Crippen molar-refractivity contribution >= 4 is 5.91 Å². The summed E-state index contributed by atoms with van der Waals surface area (Å²) in [7, 11) is 0. The van der Waals surface area contributed by atoms with E-state index in [0.29, 0.717) is 17.0 Å². The summed E-state index contributed by atoms with van der Waals surface area (Å²) in [4.78, 5) is 17.4. The Hall–Kier alpha value is -3.46. The van der Waals surface area contributed by atoms with Gasteiger partial charge in [-0.1, -0.05) is 12.5 Å². The first-order chi connectivity index (χ1) is 14.7. The van der Waals surface area contributed by atoms with Crippen LogP contribution in [0.4, 0.5) is 0 Å². The molecule has 2 aromatic heterocycles. The molecule has 0 spiro atoms. The van der Waals surface area contributed by atoms with Gasteiger partial charge in [0, 0.05) is 35.1 Å². The second kappa shape index (κ2) is 7.75. The molecule has 0 unspecified atom stereocenters. The third-order valence-corrected chi connectivity index (χ3v) is 5.94. The van der Waals surface area contributed by atoms with Gasteiger partial charge in [0.25, 0.3) is 5.91 Å². The number of nitrogens with one attached hydrogen (secondary N) is 1. The molecule has 2 aliphatic rings. The van der Waals surface area contributed by atoms with E-state index >= 15 is 0 Å². The first-order valence-corrected chi connectivity index (χ1v) is 10.6. The quantitative estimate of drug-likeness (QED) is 0.668. The molecule has 0 aliphatic heterocycles. The highest BCUT2D eigenvalue weighted by Crippen LogP contribution is 2.39. The van der Waals surface area contributed by atoms with Crippen molar-refractivity contribution in [3.05, 3.63) is 76.9 Å². The molecule has 1 atom stereocenters. The number of benzene rings is 1. The van der Waals surface area contributed by atoms with Crippen LogP contribution in [0.2, 0.25) is 0 Å². The molecule has 150 valence electrons. The van der Waals surface area contributed by atoms with Crippen LogP contribution in [0.3, 0.4) is 0 Å². The monoisotopic (exact) mass is 397 g/mol. The molecule has 6 heteroatoms. The fraction of sp³-hybridized carbons (Fsp3) is 0.333. The van der Waals surface area contributed by atoms with Crippen LogP contribution >= 0.6 is 0 Å². The van der Waals surface area contributed by atoms with Gasteiger partial charge in [0.05, 0.1) is 29.1 Å². The maximum Gasteiger partial charge on any atom is 0.251 e. The van der Waals surface area contributed by atoms with Crippen LogP contribution in [-0.4, -0.2) is 20.7 Å². The predicted octanol–water partition coefficient (Wildman–Crippen LogP) is 4.21. The minimum absolute atomic E-state index is 0.0840. The summed E-state index contributed by atoms with van der Waals surface area (Å²) in [5.41, 5.74) is 5.29. The summed E-state index contributed by atoms with van der Waals surface area (Å²) in [6, 6.07) is 12.9.